The van der Waals surface area contributed by atoms with Gasteiger partial charge in [0, 0.05) is 54.9 Å². The van der Waals surface area contributed by atoms with Crippen molar-refractivity contribution in [1.29, 1.82) is 0 Å². The van der Waals surface area contributed by atoms with Crippen molar-refractivity contribution in [2.75, 3.05) is 38.1 Å². The third kappa shape index (κ3) is 4.89. The second-order valence-corrected chi connectivity index (χ2v) is 8.78. The minimum atomic E-state index is -0.298. The van der Waals surface area contributed by atoms with Crippen LogP contribution in [-0.4, -0.2) is 43.0 Å². The first kappa shape index (κ1) is 22.2. The van der Waals surface area contributed by atoms with E-state index in [-0.39, 0.29) is 5.63 Å². The summed E-state index contributed by atoms with van der Waals surface area (Å²) in [5.41, 5.74) is 5.21. The highest BCUT2D eigenvalue weighted by Crippen LogP contribution is 2.26. The van der Waals surface area contributed by atoms with Gasteiger partial charge in [0.05, 0.1) is 5.56 Å². The van der Waals surface area contributed by atoms with Crippen molar-refractivity contribution in [3.63, 3.8) is 0 Å². The van der Waals surface area contributed by atoms with Crippen LogP contribution in [0.25, 0.3) is 16.5 Å². The maximum absolute atomic E-state index is 12.9. The van der Waals surface area contributed by atoms with Crippen LogP contribution in [0.3, 0.4) is 0 Å². The van der Waals surface area contributed by atoms with Crippen LogP contribution in [0, 0.1) is 0 Å². The Morgan fingerprint density at radius 1 is 1.12 bits per heavy atom. The number of nitrogens with zero attached hydrogens (tertiary/aromatic N) is 3. The Labute approximate surface area is 190 Å². The van der Waals surface area contributed by atoms with Crippen LogP contribution in [-0.2, 0) is 0 Å². The van der Waals surface area contributed by atoms with Gasteiger partial charge in [-0.05, 0) is 75.7 Å². The van der Waals surface area contributed by atoms with E-state index < -0.39 is 0 Å². The molecule has 4 rings (SSSR count). The molecule has 0 radical (unpaired) electrons. The van der Waals surface area contributed by atoms with Gasteiger partial charge in [-0.2, -0.15) is 0 Å². The highest BCUT2D eigenvalue weighted by Gasteiger charge is 2.15. The zero-order valence-corrected chi connectivity index (χ0v) is 19.6. The molecule has 0 saturated carbocycles. The van der Waals surface area contributed by atoms with Crippen LogP contribution >= 0.6 is 0 Å². The number of hydrogen-bond acceptors (Lipinski definition) is 5. The molecule has 1 aromatic carbocycles. The molecule has 5 heteroatoms. The largest absolute Gasteiger partial charge is 0.422 e. The third-order valence-corrected chi connectivity index (χ3v) is 6.13. The highest BCUT2D eigenvalue weighted by atomic mass is 16.4. The van der Waals surface area contributed by atoms with Crippen molar-refractivity contribution in [2.45, 2.75) is 33.6 Å². The first-order chi connectivity index (χ1) is 15.4. The maximum atomic E-state index is 12.9. The number of benzene rings is 1. The maximum Gasteiger partial charge on any atom is 0.343 e. The van der Waals surface area contributed by atoms with Crippen LogP contribution in [0.5, 0.6) is 0 Å². The van der Waals surface area contributed by atoms with Crippen molar-refractivity contribution in [3.05, 3.63) is 82.1 Å². The molecule has 1 aromatic heterocycles. The number of hydrogen-bond donors (Lipinski definition) is 0. The molecule has 0 atom stereocenters. The van der Waals surface area contributed by atoms with Crippen molar-refractivity contribution < 1.29 is 4.42 Å². The summed E-state index contributed by atoms with van der Waals surface area (Å²) in [5.74, 6) is 0. The Morgan fingerprint density at radius 2 is 1.97 bits per heavy atom. The lowest BCUT2D eigenvalue weighted by Crippen LogP contribution is -2.28. The first-order valence-corrected chi connectivity index (χ1v) is 11.5. The SMILES string of the molecule is CC/C=C1\C=CC(C)=CN1/C=C(\C)c1cc2ccc(N3CCCN(C)CC3)cc2oc1=O. The van der Waals surface area contributed by atoms with Gasteiger partial charge >= 0.3 is 5.63 Å². The van der Waals surface area contributed by atoms with E-state index in [0.717, 1.165) is 61.4 Å². The van der Waals surface area contributed by atoms with Crippen LogP contribution < -0.4 is 10.5 Å². The minimum Gasteiger partial charge on any atom is -0.422 e. The number of allylic oxidation sites excluding steroid dienone is 5. The topological polar surface area (TPSA) is 39.9 Å². The van der Waals surface area contributed by atoms with Gasteiger partial charge in [0.1, 0.15) is 5.58 Å². The minimum absolute atomic E-state index is 0.298. The van der Waals surface area contributed by atoms with Gasteiger partial charge in [0.15, 0.2) is 0 Å². The Hall–Kier alpha value is -3.05. The molecule has 3 heterocycles. The van der Waals surface area contributed by atoms with E-state index in [4.69, 9.17) is 4.42 Å². The van der Waals surface area contributed by atoms with Gasteiger partial charge < -0.3 is 19.1 Å². The molecule has 0 aliphatic carbocycles. The number of rotatable bonds is 4. The van der Waals surface area contributed by atoms with E-state index in [1.807, 2.05) is 25.3 Å². The van der Waals surface area contributed by atoms with E-state index in [9.17, 15) is 4.79 Å². The average molecular weight is 432 g/mol. The molecule has 32 heavy (non-hydrogen) atoms. The van der Waals surface area contributed by atoms with Gasteiger partial charge in [-0.1, -0.05) is 19.1 Å². The fourth-order valence-corrected chi connectivity index (χ4v) is 4.29. The fourth-order valence-electron chi connectivity index (χ4n) is 4.29. The van der Waals surface area contributed by atoms with Crippen LogP contribution in [0.2, 0.25) is 0 Å². The molecular formula is C27H33N3O2. The van der Waals surface area contributed by atoms with Gasteiger partial charge in [-0.25, -0.2) is 4.79 Å². The van der Waals surface area contributed by atoms with Gasteiger partial charge in [0.2, 0.25) is 0 Å². The zero-order chi connectivity index (χ0) is 22.7. The normalized spacial score (nSPS) is 19.6. The quantitative estimate of drug-likeness (QED) is 0.609. The lowest BCUT2D eigenvalue weighted by molar-refractivity contribution is 0.360. The Bertz CT molecular complexity index is 1170. The summed E-state index contributed by atoms with van der Waals surface area (Å²) in [6.07, 6.45) is 12.6. The second kappa shape index (κ2) is 9.61. The van der Waals surface area contributed by atoms with Crippen LogP contribution in [0.4, 0.5) is 5.69 Å². The molecule has 0 amide bonds. The predicted octanol–water partition coefficient (Wildman–Crippen LogP) is 5.37. The van der Waals surface area contributed by atoms with Crippen molar-refractivity contribution in [3.8, 4) is 0 Å². The molecule has 2 aliphatic heterocycles. The summed E-state index contributed by atoms with van der Waals surface area (Å²) in [6, 6.07) is 8.16. The van der Waals surface area contributed by atoms with E-state index in [1.165, 1.54) is 5.57 Å². The number of fused-ring (bicyclic) bond motifs is 1. The summed E-state index contributed by atoms with van der Waals surface area (Å²) in [6.45, 7) is 10.3. The van der Waals surface area contributed by atoms with E-state index in [1.54, 1.807) is 0 Å². The van der Waals surface area contributed by atoms with Gasteiger partial charge in [-0.3, -0.25) is 0 Å². The highest BCUT2D eigenvalue weighted by molar-refractivity contribution is 5.83. The molecule has 168 valence electrons. The molecule has 1 fully saturated rings. The van der Waals surface area contributed by atoms with Crippen molar-refractivity contribution in [1.82, 2.24) is 9.80 Å². The number of anilines is 1. The summed E-state index contributed by atoms with van der Waals surface area (Å²) in [5, 5.41) is 0.942. The van der Waals surface area contributed by atoms with Crippen molar-refractivity contribution >= 4 is 22.2 Å². The molecule has 0 spiro atoms. The van der Waals surface area contributed by atoms with E-state index in [2.05, 4.69) is 72.2 Å². The third-order valence-electron chi connectivity index (χ3n) is 6.13. The lowest BCUT2D eigenvalue weighted by Gasteiger charge is -2.23. The lowest BCUT2D eigenvalue weighted by atomic mass is 10.1. The summed E-state index contributed by atoms with van der Waals surface area (Å²) < 4.78 is 5.79. The van der Waals surface area contributed by atoms with Crippen molar-refractivity contribution in [2.24, 2.45) is 0 Å². The van der Waals surface area contributed by atoms with E-state index >= 15 is 0 Å². The van der Waals surface area contributed by atoms with Gasteiger partial charge in [0.25, 0.3) is 0 Å². The molecule has 0 bridgehead atoms. The fraction of sp³-hybridized carbons (Fsp3) is 0.370. The first-order valence-electron chi connectivity index (χ1n) is 11.5. The molecule has 2 aliphatic rings. The molecule has 0 unspecified atom stereocenters. The summed E-state index contributed by atoms with van der Waals surface area (Å²) in [4.78, 5) is 19.7. The van der Waals surface area contributed by atoms with Crippen LogP contribution in [0.15, 0.2) is 75.4 Å². The monoisotopic (exact) mass is 431 g/mol. The molecular weight excluding hydrogens is 398 g/mol. The standard InChI is InChI=1S/C27H33N3O2/c1-5-7-23-10-8-20(2)18-30(23)19-21(3)25-16-22-9-11-24(17-26(22)32-27(25)31)29-13-6-12-28(4)14-15-29/h7-11,16-19H,5-6,12-15H2,1-4H3/b21-19+,23-7+. The zero-order valence-electron chi connectivity index (χ0n) is 19.6. The smallest absolute Gasteiger partial charge is 0.343 e. The molecule has 2 aromatic rings. The predicted molar refractivity (Wildman–Crippen MR) is 134 cm³/mol. The Morgan fingerprint density at radius 3 is 2.78 bits per heavy atom. The van der Waals surface area contributed by atoms with Crippen LogP contribution in [0.1, 0.15) is 39.2 Å². The average Bonchev–Trinajstić information content (AvgIpc) is 2.99. The Balaban J connectivity index is 1.64. The molecule has 5 nitrogen and oxygen atoms in total. The second-order valence-electron chi connectivity index (χ2n) is 8.78. The summed E-state index contributed by atoms with van der Waals surface area (Å²) in [7, 11) is 2.17. The molecule has 1 saturated heterocycles. The Kier molecular flexibility index (Phi) is 6.66. The summed E-state index contributed by atoms with van der Waals surface area (Å²) >= 11 is 0. The van der Waals surface area contributed by atoms with Gasteiger partial charge in [-0.15, -0.1) is 0 Å². The number of likely N-dealkylation sites (N-methyl/N-ethyl adjacent to an activating group) is 1. The van der Waals surface area contributed by atoms with E-state index in [0.29, 0.717) is 11.1 Å². The molecule has 0 N–H and O–H groups in total.